The number of aromatic nitrogens is 4. The monoisotopic (exact) mass is 333 g/mol. The van der Waals surface area contributed by atoms with Gasteiger partial charge in [-0.15, -0.1) is 5.10 Å². The van der Waals surface area contributed by atoms with E-state index in [4.69, 9.17) is 0 Å². The minimum absolute atomic E-state index is 0.620. The van der Waals surface area contributed by atoms with Gasteiger partial charge in [0, 0.05) is 22.2 Å². The van der Waals surface area contributed by atoms with Gasteiger partial charge < -0.3 is 5.32 Å². The van der Waals surface area contributed by atoms with E-state index in [-0.39, 0.29) is 0 Å². The topological polar surface area (TPSA) is 66.5 Å². The largest absolute Gasteiger partial charge is 0.325 e. The van der Waals surface area contributed by atoms with Crippen LogP contribution in [0.5, 0.6) is 0 Å². The van der Waals surface area contributed by atoms with Crippen LogP contribution in [-0.4, -0.2) is 20.2 Å². The second-order valence-electron chi connectivity index (χ2n) is 5.39. The number of rotatable bonds is 4. The van der Waals surface area contributed by atoms with Gasteiger partial charge in [0.15, 0.2) is 0 Å². The molecule has 0 spiro atoms. The van der Waals surface area contributed by atoms with Gasteiger partial charge in [0.2, 0.25) is 11.1 Å². The first kappa shape index (κ1) is 14.7. The molecule has 2 heterocycles. The summed E-state index contributed by atoms with van der Waals surface area (Å²) in [6, 6.07) is 18.2. The van der Waals surface area contributed by atoms with Gasteiger partial charge >= 0.3 is 0 Å². The Bertz CT molecular complexity index is 973. The maximum Gasteiger partial charge on any atom is 0.223 e. The minimum Gasteiger partial charge on any atom is -0.325 e. The van der Waals surface area contributed by atoms with Gasteiger partial charge in [-0.25, -0.2) is 5.10 Å². The molecule has 0 saturated carbocycles. The lowest BCUT2D eigenvalue weighted by molar-refractivity contribution is 0.974. The highest BCUT2D eigenvalue weighted by molar-refractivity contribution is 7.99. The number of benzene rings is 2. The number of nitrogens with zero attached hydrogens (tertiary/aromatic N) is 3. The van der Waals surface area contributed by atoms with Crippen molar-refractivity contribution in [3.63, 3.8) is 0 Å². The third-order valence-electron chi connectivity index (χ3n) is 3.58. The second-order valence-corrected chi connectivity index (χ2v) is 6.40. The SMILES string of the molecule is Cc1ccc(Nc2nc(Sc3cccc4cccnc34)n[nH]2)cc1. The predicted molar refractivity (Wildman–Crippen MR) is 96.7 cm³/mol. The van der Waals surface area contributed by atoms with Crippen LogP contribution in [0.1, 0.15) is 5.56 Å². The molecule has 2 N–H and O–H groups in total. The van der Waals surface area contributed by atoms with Crippen LogP contribution in [0.15, 0.2) is 70.8 Å². The Kier molecular flexibility index (Phi) is 3.88. The Morgan fingerprint density at radius 3 is 2.71 bits per heavy atom. The number of nitrogens with one attached hydrogen (secondary N) is 2. The van der Waals surface area contributed by atoms with Crippen molar-refractivity contribution >= 4 is 34.3 Å². The summed E-state index contributed by atoms with van der Waals surface area (Å²) < 4.78 is 0. The van der Waals surface area contributed by atoms with Crippen molar-refractivity contribution in [2.75, 3.05) is 5.32 Å². The third kappa shape index (κ3) is 3.09. The molecule has 4 rings (SSSR count). The van der Waals surface area contributed by atoms with Gasteiger partial charge in [-0.05, 0) is 43.0 Å². The number of fused-ring (bicyclic) bond motifs is 1. The van der Waals surface area contributed by atoms with Gasteiger partial charge in [-0.3, -0.25) is 4.98 Å². The van der Waals surface area contributed by atoms with Crippen molar-refractivity contribution in [2.45, 2.75) is 17.0 Å². The molecule has 0 saturated heterocycles. The molecule has 0 aliphatic carbocycles. The van der Waals surface area contributed by atoms with Crippen LogP contribution >= 0.6 is 11.8 Å². The average molecular weight is 333 g/mol. The molecule has 0 radical (unpaired) electrons. The summed E-state index contributed by atoms with van der Waals surface area (Å²) in [6.07, 6.45) is 1.80. The van der Waals surface area contributed by atoms with E-state index >= 15 is 0 Å². The molecular weight excluding hydrogens is 318 g/mol. The number of aromatic amines is 1. The molecule has 0 unspecified atom stereocenters. The number of anilines is 2. The zero-order valence-corrected chi connectivity index (χ0v) is 13.8. The third-order valence-corrected chi connectivity index (χ3v) is 4.49. The van der Waals surface area contributed by atoms with Gasteiger partial charge in [-0.2, -0.15) is 4.98 Å². The normalized spacial score (nSPS) is 10.9. The van der Waals surface area contributed by atoms with Crippen molar-refractivity contribution in [3.05, 3.63) is 66.4 Å². The Balaban J connectivity index is 1.55. The Morgan fingerprint density at radius 2 is 1.83 bits per heavy atom. The Morgan fingerprint density at radius 1 is 1.00 bits per heavy atom. The van der Waals surface area contributed by atoms with Gasteiger partial charge in [0.25, 0.3) is 0 Å². The van der Waals surface area contributed by atoms with Crippen LogP contribution in [0.4, 0.5) is 11.6 Å². The standard InChI is InChI=1S/C18H15N5S/c1-12-7-9-14(10-8-12)20-17-21-18(23-22-17)24-15-6-2-4-13-5-3-11-19-16(13)15/h2-11H,1H3,(H2,20,21,22,23). The molecule has 118 valence electrons. The van der Waals surface area contributed by atoms with Crippen LogP contribution in [-0.2, 0) is 0 Å². The molecule has 0 aliphatic rings. The molecule has 0 bridgehead atoms. The number of hydrogen-bond acceptors (Lipinski definition) is 5. The predicted octanol–water partition coefficient (Wildman–Crippen LogP) is 4.56. The van der Waals surface area contributed by atoms with Crippen molar-refractivity contribution in [3.8, 4) is 0 Å². The lowest BCUT2D eigenvalue weighted by atomic mass is 10.2. The lowest BCUT2D eigenvalue weighted by Gasteiger charge is -2.02. The van der Waals surface area contributed by atoms with Gasteiger partial charge in [0.05, 0.1) is 5.52 Å². The summed E-state index contributed by atoms with van der Waals surface area (Å²) in [6.45, 7) is 2.06. The van der Waals surface area contributed by atoms with Crippen LogP contribution < -0.4 is 5.32 Å². The highest BCUT2D eigenvalue weighted by Crippen LogP contribution is 2.30. The Hall–Kier alpha value is -2.86. The summed E-state index contributed by atoms with van der Waals surface area (Å²) in [5.41, 5.74) is 3.15. The van der Waals surface area contributed by atoms with E-state index in [1.807, 2.05) is 30.3 Å². The van der Waals surface area contributed by atoms with E-state index in [0.29, 0.717) is 11.1 Å². The van der Waals surface area contributed by atoms with Crippen molar-refractivity contribution in [1.82, 2.24) is 20.2 Å². The summed E-state index contributed by atoms with van der Waals surface area (Å²) in [4.78, 5) is 9.98. The lowest BCUT2D eigenvalue weighted by Crippen LogP contribution is -1.92. The maximum atomic E-state index is 4.49. The number of hydrogen-bond donors (Lipinski definition) is 2. The molecule has 4 aromatic rings. The quantitative estimate of drug-likeness (QED) is 0.573. The number of aryl methyl sites for hydroxylation is 1. The van der Waals surface area contributed by atoms with Crippen molar-refractivity contribution < 1.29 is 0 Å². The zero-order valence-electron chi connectivity index (χ0n) is 13.0. The van der Waals surface area contributed by atoms with E-state index < -0.39 is 0 Å². The Labute approximate surface area is 143 Å². The summed E-state index contributed by atoms with van der Waals surface area (Å²) in [5, 5.41) is 12.2. The fraction of sp³-hybridized carbons (Fsp3) is 0.0556. The molecule has 2 aromatic carbocycles. The highest BCUT2D eigenvalue weighted by Gasteiger charge is 2.09. The summed E-state index contributed by atoms with van der Waals surface area (Å²) in [7, 11) is 0. The maximum absolute atomic E-state index is 4.49. The summed E-state index contributed by atoms with van der Waals surface area (Å²) in [5.74, 6) is 0.620. The van der Waals surface area contributed by atoms with Crippen LogP contribution in [0.25, 0.3) is 10.9 Å². The molecule has 0 aliphatic heterocycles. The molecular formula is C18H15N5S. The van der Waals surface area contributed by atoms with Crippen LogP contribution in [0.2, 0.25) is 0 Å². The van der Waals surface area contributed by atoms with Crippen molar-refractivity contribution in [1.29, 1.82) is 0 Å². The zero-order chi connectivity index (χ0) is 16.4. The average Bonchev–Trinajstić information content (AvgIpc) is 3.04. The summed E-state index contributed by atoms with van der Waals surface area (Å²) >= 11 is 1.49. The molecule has 0 amide bonds. The fourth-order valence-corrected chi connectivity index (χ4v) is 3.22. The molecule has 0 fully saturated rings. The molecule has 24 heavy (non-hydrogen) atoms. The highest BCUT2D eigenvalue weighted by atomic mass is 32.2. The molecule has 6 heteroatoms. The van der Waals surface area contributed by atoms with E-state index in [1.54, 1.807) is 6.20 Å². The van der Waals surface area contributed by atoms with E-state index in [0.717, 1.165) is 21.5 Å². The first-order valence-corrected chi connectivity index (χ1v) is 8.37. The molecule has 5 nitrogen and oxygen atoms in total. The molecule has 0 atom stereocenters. The van der Waals surface area contributed by atoms with Gasteiger partial charge in [0.1, 0.15) is 0 Å². The number of para-hydroxylation sites is 1. The van der Waals surface area contributed by atoms with E-state index in [9.17, 15) is 0 Å². The van der Waals surface area contributed by atoms with Crippen molar-refractivity contribution in [2.24, 2.45) is 0 Å². The molecule has 2 aromatic heterocycles. The minimum atomic E-state index is 0.620. The van der Waals surface area contributed by atoms with Gasteiger partial charge in [-0.1, -0.05) is 35.9 Å². The van der Waals surface area contributed by atoms with Crippen LogP contribution in [0.3, 0.4) is 0 Å². The smallest absolute Gasteiger partial charge is 0.223 e. The first-order chi connectivity index (χ1) is 11.8. The van der Waals surface area contributed by atoms with E-state index in [1.165, 1.54) is 17.3 Å². The second kappa shape index (κ2) is 6.33. The van der Waals surface area contributed by atoms with E-state index in [2.05, 4.69) is 56.7 Å². The number of H-pyrrole nitrogens is 1. The van der Waals surface area contributed by atoms with Crippen LogP contribution in [0, 0.1) is 6.92 Å². The first-order valence-electron chi connectivity index (χ1n) is 7.56. The number of pyridine rings is 1. The fourth-order valence-electron chi connectivity index (χ4n) is 2.38.